The van der Waals surface area contributed by atoms with Crippen LogP contribution < -0.4 is 9.46 Å². The fourth-order valence-electron chi connectivity index (χ4n) is 1.73. The third-order valence-electron chi connectivity index (χ3n) is 2.62. The SMILES string of the molecule is Cc1[nH]ncc1S(=O)(=O)Nc1ccc(OC(C)C)c(Cl)c1. The zero-order chi connectivity index (χ0) is 15.6. The standard InChI is InChI=1S/C13H16ClN3O3S/c1-8(2)20-12-5-4-10(6-11(12)14)17-21(18,19)13-7-15-16-9(13)3/h4-8,17H,1-3H3,(H,15,16). The number of rotatable bonds is 5. The van der Waals surface area contributed by atoms with Gasteiger partial charge in [-0.25, -0.2) is 8.42 Å². The summed E-state index contributed by atoms with van der Waals surface area (Å²) in [5.74, 6) is 0.508. The maximum Gasteiger partial charge on any atom is 0.265 e. The quantitative estimate of drug-likeness (QED) is 0.883. The predicted molar refractivity (Wildman–Crippen MR) is 81.3 cm³/mol. The van der Waals surface area contributed by atoms with Gasteiger partial charge in [-0.1, -0.05) is 11.6 Å². The Labute approximate surface area is 128 Å². The Morgan fingerprint density at radius 3 is 2.62 bits per heavy atom. The molecule has 2 aromatic rings. The Balaban J connectivity index is 2.24. The van der Waals surface area contributed by atoms with E-state index in [0.29, 0.717) is 22.2 Å². The van der Waals surface area contributed by atoms with E-state index in [9.17, 15) is 8.42 Å². The highest BCUT2D eigenvalue weighted by Crippen LogP contribution is 2.29. The molecule has 0 aliphatic carbocycles. The first-order valence-electron chi connectivity index (χ1n) is 6.28. The first-order chi connectivity index (χ1) is 9.79. The summed E-state index contributed by atoms with van der Waals surface area (Å²) in [6, 6.07) is 4.73. The van der Waals surface area contributed by atoms with E-state index < -0.39 is 10.0 Å². The second-order valence-electron chi connectivity index (χ2n) is 4.78. The third-order valence-corrected chi connectivity index (χ3v) is 4.41. The molecule has 0 unspecified atom stereocenters. The molecule has 0 fully saturated rings. The Morgan fingerprint density at radius 1 is 1.38 bits per heavy atom. The van der Waals surface area contributed by atoms with Crippen molar-refractivity contribution in [3.63, 3.8) is 0 Å². The van der Waals surface area contributed by atoms with E-state index in [1.807, 2.05) is 13.8 Å². The van der Waals surface area contributed by atoms with Gasteiger partial charge in [-0.05, 0) is 39.0 Å². The molecule has 0 saturated heterocycles. The van der Waals surface area contributed by atoms with Crippen molar-refractivity contribution in [3.8, 4) is 5.75 Å². The minimum absolute atomic E-state index is 0.0152. The van der Waals surface area contributed by atoms with E-state index in [2.05, 4.69) is 14.9 Å². The lowest BCUT2D eigenvalue weighted by molar-refractivity contribution is 0.242. The van der Waals surface area contributed by atoms with Crippen LogP contribution in [0.25, 0.3) is 0 Å². The lowest BCUT2D eigenvalue weighted by atomic mass is 10.3. The molecule has 1 aromatic heterocycles. The summed E-state index contributed by atoms with van der Waals surface area (Å²) in [4.78, 5) is 0.0983. The van der Waals surface area contributed by atoms with Crippen LogP contribution in [-0.2, 0) is 10.0 Å². The number of nitrogens with zero attached hydrogens (tertiary/aromatic N) is 1. The van der Waals surface area contributed by atoms with E-state index in [0.717, 1.165) is 0 Å². The molecule has 2 rings (SSSR count). The van der Waals surface area contributed by atoms with Crippen LogP contribution in [0.5, 0.6) is 5.75 Å². The zero-order valence-corrected chi connectivity index (χ0v) is 13.4. The number of hydrogen-bond acceptors (Lipinski definition) is 4. The van der Waals surface area contributed by atoms with E-state index in [1.165, 1.54) is 12.3 Å². The van der Waals surface area contributed by atoms with Crippen molar-refractivity contribution < 1.29 is 13.2 Å². The van der Waals surface area contributed by atoms with Gasteiger partial charge in [0.25, 0.3) is 10.0 Å². The van der Waals surface area contributed by atoms with Crippen molar-refractivity contribution in [1.29, 1.82) is 0 Å². The fourth-order valence-corrected chi connectivity index (χ4v) is 3.15. The first-order valence-corrected chi connectivity index (χ1v) is 8.14. The van der Waals surface area contributed by atoms with Gasteiger partial charge in [0.2, 0.25) is 0 Å². The molecule has 0 radical (unpaired) electrons. The zero-order valence-electron chi connectivity index (χ0n) is 11.8. The summed E-state index contributed by atoms with van der Waals surface area (Å²) in [5, 5.41) is 6.63. The molecule has 0 bridgehead atoms. The summed E-state index contributed by atoms with van der Waals surface area (Å²) < 4.78 is 32.4. The Kier molecular flexibility index (Phi) is 4.43. The molecule has 6 nitrogen and oxygen atoms in total. The largest absolute Gasteiger partial charge is 0.489 e. The van der Waals surface area contributed by atoms with Crippen molar-refractivity contribution in [3.05, 3.63) is 35.1 Å². The Morgan fingerprint density at radius 2 is 2.10 bits per heavy atom. The van der Waals surface area contributed by atoms with Gasteiger partial charge in [0, 0.05) is 0 Å². The van der Waals surface area contributed by atoms with Gasteiger partial charge in [0.1, 0.15) is 10.6 Å². The summed E-state index contributed by atoms with van der Waals surface area (Å²) in [5.41, 5.74) is 0.824. The molecule has 0 saturated carbocycles. The van der Waals surface area contributed by atoms with Gasteiger partial charge >= 0.3 is 0 Å². The number of anilines is 1. The number of aromatic amines is 1. The third kappa shape index (κ3) is 3.68. The number of nitrogens with one attached hydrogen (secondary N) is 2. The topological polar surface area (TPSA) is 84.1 Å². The second-order valence-corrected chi connectivity index (χ2v) is 6.83. The number of aromatic nitrogens is 2. The van der Waals surface area contributed by atoms with Crippen LogP contribution in [0.4, 0.5) is 5.69 Å². The summed E-state index contributed by atoms with van der Waals surface area (Å²) in [6.45, 7) is 5.40. The predicted octanol–water partition coefficient (Wildman–Crippen LogP) is 2.96. The van der Waals surface area contributed by atoms with Gasteiger partial charge in [0.05, 0.1) is 28.7 Å². The van der Waals surface area contributed by atoms with E-state index in [-0.39, 0.29) is 11.0 Å². The van der Waals surface area contributed by atoms with Gasteiger partial charge < -0.3 is 4.74 Å². The van der Waals surface area contributed by atoms with Crippen molar-refractivity contribution >= 4 is 27.3 Å². The van der Waals surface area contributed by atoms with Gasteiger partial charge in [-0.3, -0.25) is 9.82 Å². The maximum absolute atomic E-state index is 12.2. The molecule has 0 amide bonds. The number of benzene rings is 1. The number of aryl methyl sites for hydroxylation is 1. The number of H-pyrrole nitrogens is 1. The number of ether oxygens (including phenoxy) is 1. The second kappa shape index (κ2) is 5.95. The summed E-state index contributed by atoms with van der Waals surface area (Å²) in [7, 11) is -3.70. The highest BCUT2D eigenvalue weighted by atomic mass is 35.5. The minimum Gasteiger partial charge on any atom is -0.489 e. The molecule has 114 valence electrons. The molecular weight excluding hydrogens is 314 g/mol. The number of hydrogen-bond donors (Lipinski definition) is 2. The summed E-state index contributed by atoms with van der Waals surface area (Å²) >= 11 is 6.08. The molecule has 0 atom stereocenters. The Hall–Kier alpha value is -1.73. The lowest BCUT2D eigenvalue weighted by Gasteiger charge is -2.13. The summed E-state index contributed by atoms with van der Waals surface area (Å²) in [6.07, 6.45) is 1.24. The van der Waals surface area contributed by atoms with Crippen LogP contribution in [0, 0.1) is 6.92 Å². The van der Waals surface area contributed by atoms with Gasteiger partial charge in [-0.15, -0.1) is 0 Å². The minimum atomic E-state index is -3.70. The van der Waals surface area contributed by atoms with Crippen LogP contribution in [0.2, 0.25) is 5.02 Å². The van der Waals surface area contributed by atoms with E-state index in [4.69, 9.17) is 16.3 Å². The van der Waals surface area contributed by atoms with Crippen molar-refractivity contribution in [2.75, 3.05) is 4.72 Å². The van der Waals surface area contributed by atoms with Crippen molar-refractivity contribution in [2.45, 2.75) is 31.8 Å². The molecule has 8 heteroatoms. The number of sulfonamides is 1. The van der Waals surface area contributed by atoms with Gasteiger partial charge in [0.15, 0.2) is 0 Å². The van der Waals surface area contributed by atoms with Crippen LogP contribution in [-0.4, -0.2) is 24.7 Å². The van der Waals surface area contributed by atoms with Crippen molar-refractivity contribution in [2.24, 2.45) is 0 Å². The van der Waals surface area contributed by atoms with E-state index in [1.54, 1.807) is 19.1 Å². The molecule has 21 heavy (non-hydrogen) atoms. The molecule has 2 N–H and O–H groups in total. The smallest absolute Gasteiger partial charge is 0.265 e. The molecule has 0 spiro atoms. The van der Waals surface area contributed by atoms with Crippen LogP contribution >= 0.6 is 11.6 Å². The van der Waals surface area contributed by atoms with E-state index >= 15 is 0 Å². The maximum atomic E-state index is 12.2. The fraction of sp³-hybridized carbons (Fsp3) is 0.308. The monoisotopic (exact) mass is 329 g/mol. The highest BCUT2D eigenvalue weighted by Gasteiger charge is 2.19. The average molecular weight is 330 g/mol. The average Bonchev–Trinajstić information content (AvgIpc) is 2.79. The molecular formula is C13H16ClN3O3S. The molecule has 1 heterocycles. The van der Waals surface area contributed by atoms with Crippen LogP contribution in [0.15, 0.2) is 29.3 Å². The normalized spacial score (nSPS) is 11.7. The molecule has 1 aromatic carbocycles. The van der Waals surface area contributed by atoms with Crippen LogP contribution in [0.3, 0.4) is 0 Å². The van der Waals surface area contributed by atoms with Gasteiger partial charge in [-0.2, -0.15) is 5.10 Å². The molecule has 0 aliphatic rings. The Bertz CT molecular complexity index is 741. The lowest BCUT2D eigenvalue weighted by Crippen LogP contribution is -2.13. The molecule has 0 aliphatic heterocycles. The van der Waals surface area contributed by atoms with Crippen LogP contribution in [0.1, 0.15) is 19.5 Å². The number of halogens is 1. The first kappa shape index (κ1) is 15.7. The highest BCUT2D eigenvalue weighted by molar-refractivity contribution is 7.92. The van der Waals surface area contributed by atoms with Crippen molar-refractivity contribution in [1.82, 2.24) is 10.2 Å².